The number of carbonyl (C=O) groups is 2. The van der Waals surface area contributed by atoms with Gasteiger partial charge >= 0.3 is 0 Å². The van der Waals surface area contributed by atoms with Crippen molar-refractivity contribution < 1.29 is 9.59 Å². The third-order valence-corrected chi connectivity index (χ3v) is 4.00. The first-order valence-electron chi connectivity index (χ1n) is 6.10. The average molecular weight is 252 g/mol. The summed E-state index contributed by atoms with van der Waals surface area (Å²) in [5.74, 6) is -0.680. The number of allylic oxidation sites excluding steroid dienone is 1. The lowest BCUT2D eigenvalue weighted by Gasteiger charge is -2.42. The lowest BCUT2D eigenvalue weighted by Crippen LogP contribution is -2.50. The highest BCUT2D eigenvalue weighted by Gasteiger charge is 2.53. The van der Waals surface area contributed by atoms with E-state index in [0.717, 1.165) is 11.3 Å². The fourth-order valence-corrected chi connectivity index (χ4v) is 2.98. The lowest BCUT2D eigenvalue weighted by atomic mass is 9.64. The summed E-state index contributed by atoms with van der Waals surface area (Å²) < 4.78 is 0. The van der Waals surface area contributed by atoms with E-state index >= 15 is 0 Å². The van der Waals surface area contributed by atoms with Crippen molar-refractivity contribution in [3.63, 3.8) is 0 Å². The van der Waals surface area contributed by atoms with Gasteiger partial charge in [-0.25, -0.2) is 0 Å². The molecule has 94 valence electrons. The maximum absolute atomic E-state index is 12.5. The van der Waals surface area contributed by atoms with Crippen LogP contribution in [0.4, 0.5) is 5.69 Å². The number of fused-ring (bicyclic) bond motifs is 3. The molecule has 0 bridgehead atoms. The van der Waals surface area contributed by atoms with Crippen molar-refractivity contribution in [2.75, 3.05) is 11.9 Å². The van der Waals surface area contributed by atoms with Crippen molar-refractivity contribution in [3.05, 3.63) is 42.0 Å². The zero-order valence-electron chi connectivity index (χ0n) is 10.5. The Balaban J connectivity index is 2.30. The highest BCUT2D eigenvalue weighted by atomic mass is 16.2. The molecule has 1 aromatic rings. The Hall–Kier alpha value is -2.41. The van der Waals surface area contributed by atoms with Crippen molar-refractivity contribution in [2.45, 2.75) is 12.3 Å². The monoisotopic (exact) mass is 252 g/mol. The molecule has 0 saturated heterocycles. The number of nitrogens with zero attached hydrogens (tertiary/aromatic N) is 2. The number of anilines is 1. The summed E-state index contributed by atoms with van der Waals surface area (Å²) in [6.07, 6.45) is 3.04. The van der Waals surface area contributed by atoms with Crippen LogP contribution < -0.4 is 4.90 Å². The Kier molecular flexibility index (Phi) is 2.33. The predicted molar refractivity (Wildman–Crippen MR) is 69.4 cm³/mol. The molecule has 1 heterocycles. The van der Waals surface area contributed by atoms with Crippen LogP contribution in [0.1, 0.15) is 17.9 Å². The molecule has 3 rings (SSSR count). The Bertz CT molecular complexity index is 656. The summed E-state index contributed by atoms with van der Waals surface area (Å²) in [5.41, 5.74) is 0.437. The van der Waals surface area contributed by atoms with E-state index < -0.39 is 5.41 Å². The van der Waals surface area contributed by atoms with Crippen molar-refractivity contribution in [1.82, 2.24) is 0 Å². The van der Waals surface area contributed by atoms with E-state index in [1.807, 2.05) is 24.3 Å². The van der Waals surface area contributed by atoms with Crippen molar-refractivity contribution >= 4 is 17.4 Å². The molecule has 1 aliphatic heterocycles. The van der Waals surface area contributed by atoms with Crippen molar-refractivity contribution in [2.24, 2.45) is 5.41 Å². The number of para-hydroxylation sites is 1. The van der Waals surface area contributed by atoms with Crippen LogP contribution in [-0.2, 0) is 9.59 Å². The van der Waals surface area contributed by atoms with Crippen LogP contribution in [0.3, 0.4) is 0 Å². The van der Waals surface area contributed by atoms with Crippen LogP contribution >= 0.6 is 0 Å². The van der Waals surface area contributed by atoms with Gasteiger partial charge in [0.25, 0.3) is 5.91 Å². The van der Waals surface area contributed by atoms with Gasteiger partial charge in [-0.3, -0.25) is 9.59 Å². The Morgan fingerprint density at radius 1 is 1.37 bits per heavy atom. The minimum Gasteiger partial charge on any atom is -0.314 e. The average Bonchev–Trinajstić information content (AvgIpc) is 2.45. The number of rotatable bonds is 0. The van der Waals surface area contributed by atoms with Gasteiger partial charge in [0.1, 0.15) is 0 Å². The molecule has 1 amide bonds. The molecule has 0 aromatic heterocycles. The van der Waals surface area contributed by atoms with Crippen LogP contribution in [0.5, 0.6) is 0 Å². The highest BCUT2D eigenvalue weighted by Crippen LogP contribution is 2.50. The zero-order valence-corrected chi connectivity index (χ0v) is 10.5. The summed E-state index contributed by atoms with van der Waals surface area (Å²) in [4.78, 5) is 25.7. The smallest absolute Gasteiger partial charge is 0.251 e. The molecule has 1 aromatic carbocycles. The van der Waals surface area contributed by atoms with Gasteiger partial charge in [0, 0.05) is 25.1 Å². The normalized spacial score (nSPS) is 28.6. The summed E-state index contributed by atoms with van der Waals surface area (Å²) in [5, 5.41) is 9.52. The summed E-state index contributed by atoms with van der Waals surface area (Å²) in [6.45, 7) is 0. The van der Waals surface area contributed by atoms with Crippen LogP contribution in [0.2, 0.25) is 0 Å². The summed E-state index contributed by atoms with van der Waals surface area (Å²) in [7, 11) is 1.67. The van der Waals surface area contributed by atoms with Gasteiger partial charge in [0.15, 0.2) is 11.2 Å². The van der Waals surface area contributed by atoms with E-state index in [4.69, 9.17) is 0 Å². The fraction of sp³-hybridized carbons (Fsp3) is 0.267. The van der Waals surface area contributed by atoms with Gasteiger partial charge in [-0.15, -0.1) is 0 Å². The number of carbonyl (C=O) groups excluding carboxylic acids is 2. The Morgan fingerprint density at radius 3 is 2.84 bits per heavy atom. The number of amides is 1. The van der Waals surface area contributed by atoms with Gasteiger partial charge in [0.2, 0.25) is 0 Å². The van der Waals surface area contributed by atoms with Gasteiger partial charge in [0.05, 0.1) is 6.07 Å². The van der Waals surface area contributed by atoms with Crippen LogP contribution in [0.15, 0.2) is 36.4 Å². The summed E-state index contributed by atoms with van der Waals surface area (Å²) in [6, 6.07) is 9.58. The standard InChI is InChI=1S/C15H12N2O2/c1-17-13-5-3-2-4-11(13)12-8-10(18)6-7-15(12,9-16)14(17)19/h2-7,12H,8H2,1H3/t12-,15+/m0/s1. The molecule has 0 fully saturated rings. The van der Waals surface area contributed by atoms with Crippen LogP contribution in [0.25, 0.3) is 0 Å². The van der Waals surface area contributed by atoms with Crippen LogP contribution in [0, 0.1) is 16.7 Å². The summed E-state index contributed by atoms with van der Waals surface area (Å²) >= 11 is 0. The molecule has 4 nitrogen and oxygen atoms in total. The minimum absolute atomic E-state index is 0.0389. The van der Waals surface area contributed by atoms with Gasteiger partial charge < -0.3 is 4.90 Å². The molecule has 1 aliphatic carbocycles. The second kappa shape index (κ2) is 3.79. The molecule has 0 unspecified atom stereocenters. The molecule has 2 aliphatic rings. The fourth-order valence-electron chi connectivity index (χ4n) is 2.98. The Morgan fingerprint density at radius 2 is 2.11 bits per heavy atom. The molecule has 4 heteroatoms. The van der Waals surface area contributed by atoms with E-state index in [0.29, 0.717) is 0 Å². The molecule has 2 atom stereocenters. The third kappa shape index (κ3) is 1.39. The maximum atomic E-state index is 12.5. The quantitative estimate of drug-likeness (QED) is 0.707. The highest BCUT2D eigenvalue weighted by molar-refractivity contribution is 6.07. The SMILES string of the molecule is CN1C(=O)[C@@]2(C#N)C=CC(=O)C[C@H]2c2ccccc21. The molecule has 0 saturated carbocycles. The van der Waals surface area contributed by atoms with E-state index in [1.165, 1.54) is 17.1 Å². The zero-order chi connectivity index (χ0) is 13.6. The van der Waals surface area contributed by atoms with Crippen molar-refractivity contribution in [1.29, 1.82) is 5.26 Å². The maximum Gasteiger partial charge on any atom is 0.251 e. The first-order valence-corrected chi connectivity index (χ1v) is 6.10. The molecule has 0 N–H and O–H groups in total. The molecule has 0 spiro atoms. The lowest BCUT2D eigenvalue weighted by molar-refractivity contribution is -0.126. The number of hydrogen-bond donors (Lipinski definition) is 0. The first-order chi connectivity index (χ1) is 9.10. The van der Waals surface area contributed by atoms with E-state index in [-0.39, 0.29) is 24.0 Å². The van der Waals surface area contributed by atoms with Gasteiger partial charge in [-0.05, 0) is 17.7 Å². The second-order valence-corrected chi connectivity index (χ2v) is 4.96. The van der Waals surface area contributed by atoms with Gasteiger partial charge in [-0.1, -0.05) is 24.3 Å². The van der Waals surface area contributed by atoms with E-state index in [9.17, 15) is 14.9 Å². The number of ketones is 1. The Labute approximate surface area is 110 Å². The first kappa shape index (κ1) is 11.7. The topological polar surface area (TPSA) is 61.2 Å². The molecular formula is C15H12N2O2. The molecular weight excluding hydrogens is 240 g/mol. The second-order valence-electron chi connectivity index (χ2n) is 4.96. The molecule has 19 heavy (non-hydrogen) atoms. The van der Waals surface area contributed by atoms with Crippen molar-refractivity contribution in [3.8, 4) is 6.07 Å². The predicted octanol–water partition coefficient (Wildman–Crippen LogP) is 1.79. The number of benzene rings is 1. The number of nitriles is 1. The minimum atomic E-state index is -1.24. The largest absolute Gasteiger partial charge is 0.314 e. The van der Waals surface area contributed by atoms with Gasteiger partial charge in [-0.2, -0.15) is 5.26 Å². The number of hydrogen-bond acceptors (Lipinski definition) is 3. The third-order valence-electron chi connectivity index (χ3n) is 4.00. The molecule has 0 radical (unpaired) electrons. The van der Waals surface area contributed by atoms with E-state index in [2.05, 4.69) is 6.07 Å². The van der Waals surface area contributed by atoms with E-state index in [1.54, 1.807) is 7.05 Å². The van der Waals surface area contributed by atoms with Crippen LogP contribution in [-0.4, -0.2) is 18.7 Å².